The highest BCUT2D eigenvalue weighted by Gasteiger charge is 2.27. The Morgan fingerprint density at radius 1 is 1.44 bits per heavy atom. The first-order chi connectivity index (χ1) is 8.72. The fraction of sp³-hybridized carbons (Fsp3) is 0.583. The molecule has 2 rings (SSSR count). The third kappa shape index (κ3) is 2.76. The number of nitrogens with two attached hydrogens (primary N) is 1. The van der Waals surface area contributed by atoms with Crippen LogP contribution in [0.15, 0.2) is 12.4 Å². The van der Waals surface area contributed by atoms with Gasteiger partial charge in [0.25, 0.3) is 5.91 Å². The van der Waals surface area contributed by atoms with E-state index in [1.165, 1.54) is 12.4 Å². The van der Waals surface area contributed by atoms with Gasteiger partial charge in [-0.25, -0.2) is 4.98 Å². The fourth-order valence-electron chi connectivity index (χ4n) is 2.40. The molecular weight excluding hydrogens is 232 g/mol. The molecule has 0 spiro atoms. The van der Waals surface area contributed by atoms with Crippen LogP contribution in [-0.2, 0) is 0 Å². The second-order valence-corrected chi connectivity index (χ2v) is 4.49. The van der Waals surface area contributed by atoms with Crippen LogP contribution in [0.1, 0.15) is 36.2 Å². The Balaban J connectivity index is 2.17. The number of aromatic nitrogens is 2. The summed E-state index contributed by atoms with van der Waals surface area (Å²) in [5.74, 6) is 0.0342. The maximum absolute atomic E-state index is 12.3. The summed E-state index contributed by atoms with van der Waals surface area (Å²) in [6.45, 7) is 0.290. The predicted octanol–water partition coefficient (Wildman–Crippen LogP) is 0.436. The highest BCUT2D eigenvalue weighted by Crippen LogP contribution is 2.24. The van der Waals surface area contributed by atoms with Crippen LogP contribution in [-0.4, -0.2) is 45.1 Å². The van der Waals surface area contributed by atoms with Crippen LogP contribution in [0.4, 0.5) is 5.82 Å². The summed E-state index contributed by atoms with van der Waals surface area (Å²) in [5, 5.41) is 9.09. The summed E-state index contributed by atoms with van der Waals surface area (Å²) in [4.78, 5) is 21.9. The third-order valence-corrected chi connectivity index (χ3v) is 3.24. The Morgan fingerprint density at radius 2 is 2.17 bits per heavy atom. The summed E-state index contributed by atoms with van der Waals surface area (Å²) >= 11 is 0. The lowest BCUT2D eigenvalue weighted by Crippen LogP contribution is -2.41. The molecule has 0 aromatic carbocycles. The molecule has 0 bridgehead atoms. The molecule has 1 aromatic rings. The summed E-state index contributed by atoms with van der Waals surface area (Å²) in [5.41, 5.74) is 5.78. The SMILES string of the molecule is Nc1cncc(C(=O)N(CCO)C2CCCC2)n1. The van der Waals surface area contributed by atoms with Crippen molar-refractivity contribution >= 4 is 11.7 Å². The molecule has 6 nitrogen and oxygen atoms in total. The second kappa shape index (κ2) is 5.77. The predicted molar refractivity (Wildman–Crippen MR) is 66.8 cm³/mol. The van der Waals surface area contributed by atoms with Gasteiger partial charge < -0.3 is 15.7 Å². The minimum absolute atomic E-state index is 0.0437. The van der Waals surface area contributed by atoms with E-state index in [2.05, 4.69) is 9.97 Å². The first-order valence-electron chi connectivity index (χ1n) is 6.21. The molecule has 0 saturated heterocycles. The van der Waals surface area contributed by atoms with E-state index in [9.17, 15) is 4.79 Å². The molecule has 18 heavy (non-hydrogen) atoms. The van der Waals surface area contributed by atoms with Crippen molar-refractivity contribution in [1.82, 2.24) is 14.9 Å². The molecule has 3 N–H and O–H groups in total. The number of amides is 1. The number of aliphatic hydroxyl groups excluding tert-OH is 1. The standard InChI is InChI=1S/C12H18N4O2/c13-11-8-14-7-10(15-11)12(18)16(5-6-17)9-3-1-2-4-9/h7-9,17H,1-6H2,(H2,13,15). The Kier molecular flexibility index (Phi) is 4.09. The Morgan fingerprint density at radius 3 is 2.78 bits per heavy atom. The van der Waals surface area contributed by atoms with Crippen molar-refractivity contribution < 1.29 is 9.90 Å². The van der Waals surface area contributed by atoms with E-state index in [-0.39, 0.29) is 30.1 Å². The highest BCUT2D eigenvalue weighted by atomic mass is 16.3. The van der Waals surface area contributed by atoms with Gasteiger partial charge in [0.05, 0.1) is 19.0 Å². The van der Waals surface area contributed by atoms with E-state index < -0.39 is 0 Å². The van der Waals surface area contributed by atoms with Crippen molar-refractivity contribution in [1.29, 1.82) is 0 Å². The van der Waals surface area contributed by atoms with Gasteiger partial charge in [-0.15, -0.1) is 0 Å². The van der Waals surface area contributed by atoms with Gasteiger partial charge in [0.1, 0.15) is 11.5 Å². The van der Waals surface area contributed by atoms with Crippen molar-refractivity contribution in [3.8, 4) is 0 Å². The Labute approximate surface area is 106 Å². The van der Waals surface area contributed by atoms with Gasteiger partial charge in [-0.3, -0.25) is 9.78 Å². The molecule has 1 aliphatic carbocycles. The van der Waals surface area contributed by atoms with Crippen LogP contribution in [0.5, 0.6) is 0 Å². The molecule has 1 aliphatic rings. The van der Waals surface area contributed by atoms with Crippen molar-refractivity contribution in [2.75, 3.05) is 18.9 Å². The summed E-state index contributed by atoms with van der Waals surface area (Å²) in [6, 6.07) is 0.202. The molecule has 6 heteroatoms. The number of nitrogens with zero attached hydrogens (tertiary/aromatic N) is 3. The average Bonchev–Trinajstić information content (AvgIpc) is 2.89. The van der Waals surface area contributed by atoms with Gasteiger partial charge in [-0.2, -0.15) is 0 Å². The molecule has 0 atom stereocenters. The fourth-order valence-corrected chi connectivity index (χ4v) is 2.40. The van der Waals surface area contributed by atoms with E-state index >= 15 is 0 Å². The molecule has 1 fully saturated rings. The van der Waals surface area contributed by atoms with Crippen molar-refractivity contribution in [2.24, 2.45) is 0 Å². The summed E-state index contributed by atoms with van der Waals surface area (Å²) in [7, 11) is 0. The minimum atomic E-state index is -0.198. The monoisotopic (exact) mass is 250 g/mol. The van der Waals surface area contributed by atoms with Crippen LogP contribution in [0.25, 0.3) is 0 Å². The molecule has 1 heterocycles. The van der Waals surface area contributed by atoms with Crippen molar-refractivity contribution in [2.45, 2.75) is 31.7 Å². The quantitative estimate of drug-likeness (QED) is 0.808. The van der Waals surface area contributed by atoms with E-state index in [0.717, 1.165) is 25.7 Å². The maximum atomic E-state index is 12.3. The molecule has 1 amide bonds. The zero-order valence-corrected chi connectivity index (χ0v) is 10.2. The van der Waals surface area contributed by atoms with E-state index in [0.29, 0.717) is 6.54 Å². The second-order valence-electron chi connectivity index (χ2n) is 4.49. The number of nitrogen functional groups attached to an aromatic ring is 1. The highest BCUT2D eigenvalue weighted by molar-refractivity contribution is 5.92. The normalized spacial score (nSPS) is 15.8. The number of carbonyl (C=O) groups is 1. The molecule has 98 valence electrons. The molecular formula is C12H18N4O2. The number of anilines is 1. The van der Waals surface area contributed by atoms with Crippen molar-refractivity contribution in [3.05, 3.63) is 18.1 Å². The number of aliphatic hydroxyl groups is 1. The van der Waals surface area contributed by atoms with Crippen LogP contribution >= 0.6 is 0 Å². The molecule has 0 radical (unpaired) electrons. The number of hydrogen-bond donors (Lipinski definition) is 2. The lowest BCUT2D eigenvalue weighted by molar-refractivity contribution is 0.0631. The molecule has 0 unspecified atom stereocenters. The Hall–Kier alpha value is -1.69. The van der Waals surface area contributed by atoms with E-state index in [1.807, 2.05) is 0 Å². The average molecular weight is 250 g/mol. The van der Waals surface area contributed by atoms with Crippen LogP contribution < -0.4 is 5.73 Å². The molecule has 1 saturated carbocycles. The van der Waals surface area contributed by atoms with Gasteiger partial charge in [-0.1, -0.05) is 12.8 Å². The molecule has 0 aliphatic heterocycles. The van der Waals surface area contributed by atoms with Crippen LogP contribution in [0, 0.1) is 0 Å². The van der Waals surface area contributed by atoms with Crippen molar-refractivity contribution in [3.63, 3.8) is 0 Å². The first-order valence-corrected chi connectivity index (χ1v) is 6.21. The lowest BCUT2D eigenvalue weighted by atomic mass is 10.2. The van der Waals surface area contributed by atoms with Gasteiger partial charge >= 0.3 is 0 Å². The van der Waals surface area contributed by atoms with E-state index in [1.54, 1.807) is 4.90 Å². The van der Waals surface area contributed by atoms with Gasteiger partial charge in [-0.05, 0) is 12.8 Å². The number of hydrogen-bond acceptors (Lipinski definition) is 5. The summed E-state index contributed by atoms with van der Waals surface area (Å²) in [6.07, 6.45) is 7.05. The minimum Gasteiger partial charge on any atom is -0.395 e. The topological polar surface area (TPSA) is 92.3 Å². The third-order valence-electron chi connectivity index (χ3n) is 3.24. The zero-order chi connectivity index (χ0) is 13.0. The van der Waals surface area contributed by atoms with Gasteiger partial charge in [0.2, 0.25) is 0 Å². The largest absolute Gasteiger partial charge is 0.395 e. The smallest absolute Gasteiger partial charge is 0.274 e. The Bertz CT molecular complexity index is 418. The molecule has 1 aromatic heterocycles. The van der Waals surface area contributed by atoms with Gasteiger partial charge in [0.15, 0.2) is 0 Å². The summed E-state index contributed by atoms with van der Waals surface area (Å²) < 4.78 is 0. The first kappa shape index (κ1) is 12.8. The maximum Gasteiger partial charge on any atom is 0.274 e. The lowest BCUT2D eigenvalue weighted by Gasteiger charge is -2.27. The number of rotatable bonds is 4. The van der Waals surface area contributed by atoms with Gasteiger partial charge in [0, 0.05) is 12.6 Å². The van der Waals surface area contributed by atoms with Crippen LogP contribution in [0.3, 0.4) is 0 Å². The van der Waals surface area contributed by atoms with Crippen LogP contribution in [0.2, 0.25) is 0 Å². The zero-order valence-electron chi connectivity index (χ0n) is 10.2. The van der Waals surface area contributed by atoms with E-state index in [4.69, 9.17) is 10.8 Å². The number of carbonyl (C=O) groups excluding carboxylic acids is 1.